The van der Waals surface area contributed by atoms with Gasteiger partial charge in [-0.05, 0) is 50.4 Å². The smallest absolute Gasteiger partial charge is 0.236 e. The lowest BCUT2D eigenvalue weighted by atomic mass is 9.86. The van der Waals surface area contributed by atoms with E-state index in [2.05, 4.69) is 4.90 Å². The molecule has 1 aromatic rings. The van der Waals surface area contributed by atoms with Crippen molar-refractivity contribution in [2.24, 2.45) is 0 Å². The number of hydrogen-bond donors (Lipinski definition) is 1. The zero-order valence-electron chi connectivity index (χ0n) is 14.0. The molecule has 1 amide bonds. The summed E-state index contributed by atoms with van der Waals surface area (Å²) in [6, 6.07) is 7.53. The molecule has 2 aliphatic heterocycles. The normalized spacial score (nSPS) is 24.1. The lowest BCUT2D eigenvalue weighted by molar-refractivity contribution is -0.137. The minimum Gasteiger partial charge on any atom is -0.497 e. The summed E-state index contributed by atoms with van der Waals surface area (Å²) in [4.78, 5) is 16.3. The highest BCUT2D eigenvalue weighted by Gasteiger charge is 2.41. The first-order valence-electron chi connectivity index (χ1n) is 8.41. The molecule has 1 N–H and O–H groups in total. The van der Waals surface area contributed by atoms with Gasteiger partial charge in [-0.25, -0.2) is 0 Å². The molecule has 5 heteroatoms. The molecule has 2 saturated heterocycles. The van der Waals surface area contributed by atoms with Gasteiger partial charge in [0.1, 0.15) is 11.4 Å². The van der Waals surface area contributed by atoms with Gasteiger partial charge in [-0.15, -0.1) is 0 Å². The van der Waals surface area contributed by atoms with Crippen LogP contribution in [-0.2, 0) is 10.4 Å². The monoisotopic (exact) mass is 318 g/mol. The second kappa shape index (κ2) is 6.49. The highest BCUT2D eigenvalue weighted by Crippen LogP contribution is 2.35. The van der Waals surface area contributed by atoms with Crippen molar-refractivity contribution in [1.29, 1.82) is 0 Å². The SMILES string of the molecule is COc1ccc([C@](C)(O)[C@@H]2CCCN2CC(=O)N2CCC2)cc1. The molecule has 0 unspecified atom stereocenters. The Kier molecular flexibility index (Phi) is 4.60. The molecule has 23 heavy (non-hydrogen) atoms. The fourth-order valence-electron chi connectivity index (χ4n) is 3.61. The molecule has 0 aliphatic carbocycles. The van der Waals surface area contributed by atoms with E-state index in [1.807, 2.05) is 36.1 Å². The van der Waals surface area contributed by atoms with Gasteiger partial charge in [-0.2, -0.15) is 0 Å². The molecule has 126 valence electrons. The van der Waals surface area contributed by atoms with Gasteiger partial charge in [0.25, 0.3) is 0 Å². The third kappa shape index (κ3) is 3.21. The molecular weight excluding hydrogens is 292 g/mol. The van der Waals surface area contributed by atoms with E-state index in [1.54, 1.807) is 7.11 Å². The summed E-state index contributed by atoms with van der Waals surface area (Å²) in [6.45, 7) is 4.90. The van der Waals surface area contributed by atoms with Crippen LogP contribution in [0.3, 0.4) is 0 Å². The Bertz CT molecular complexity index is 552. The third-order valence-corrected chi connectivity index (χ3v) is 5.23. The number of carbonyl (C=O) groups excluding carboxylic acids is 1. The first-order chi connectivity index (χ1) is 11.0. The second-order valence-electron chi connectivity index (χ2n) is 6.74. The van der Waals surface area contributed by atoms with Gasteiger partial charge < -0.3 is 14.7 Å². The molecular formula is C18H26N2O3. The van der Waals surface area contributed by atoms with Crippen LogP contribution in [0.15, 0.2) is 24.3 Å². The van der Waals surface area contributed by atoms with Gasteiger partial charge in [0.15, 0.2) is 0 Å². The highest BCUT2D eigenvalue weighted by molar-refractivity contribution is 5.79. The van der Waals surface area contributed by atoms with E-state index in [0.29, 0.717) is 6.54 Å². The Balaban J connectivity index is 1.72. The van der Waals surface area contributed by atoms with E-state index in [9.17, 15) is 9.90 Å². The van der Waals surface area contributed by atoms with Crippen LogP contribution in [0.2, 0.25) is 0 Å². The maximum atomic E-state index is 12.3. The molecule has 0 aromatic heterocycles. The summed E-state index contributed by atoms with van der Waals surface area (Å²) in [7, 11) is 1.63. The van der Waals surface area contributed by atoms with Crippen LogP contribution >= 0.6 is 0 Å². The number of rotatable bonds is 5. The molecule has 0 radical (unpaired) electrons. The van der Waals surface area contributed by atoms with Crippen LogP contribution in [0.25, 0.3) is 0 Å². The van der Waals surface area contributed by atoms with Gasteiger partial charge in [0.2, 0.25) is 5.91 Å². The largest absolute Gasteiger partial charge is 0.497 e. The molecule has 0 bridgehead atoms. The van der Waals surface area contributed by atoms with Crippen LogP contribution in [0.5, 0.6) is 5.75 Å². The molecule has 2 fully saturated rings. The molecule has 3 rings (SSSR count). The van der Waals surface area contributed by atoms with Crippen LogP contribution < -0.4 is 4.74 Å². The number of hydrogen-bond acceptors (Lipinski definition) is 4. The minimum absolute atomic E-state index is 0.0267. The molecule has 2 aliphatic rings. The molecule has 2 atom stereocenters. The predicted molar refractivity (Wildman–Crippen MR) is 88.4 cm³/mol. The van der Waals surface area contributed by atoms with Crippen molar-refractivity contribution in [2.45, 2.75) is 37.8 Å². The van der Waals surface area contributed by atoms with E-state index in [-0.39, 0.29) is 11.9 Å². The lowest BCUT2D eigenvalue weighted by Crippen LogP contribution is -2.52. The number of methoxy groups -OCH3 is 1. The third-order valence-electron chi connectivity index (χ3n) is 5.23. The van der Waals surface area contributed by atoms with E-state index < -0.39 is 5.60 Å². The number of benzene rings is 1. The first-order valence-corrected chi connectivity index (χ1v) is 8.41. The van der Waals surface area contributed by atoms with Crippen molar-refractivity contribution in [3.05, 3.63) is 29.8 Å². The number of amides is 1. The van der Waals surface area contributed by atoms with Crippen LogP contribution in [0.4, 0.5) is 0 Å². The summed E-state index contributed by atoms with van der Waals surface area (Å²) >= 11 is 0. The van der Waals surface area contributed by atoms with Crippen molar-refractivity contribution < 1.29 is 14.6 Å². The second-order valence-corrected chi connectivity index (χ2v) is 6.74. The lowest BCUT2D eigenvalue weighted by Gasteiger charge is -2.38. The molecule has 0 saturated carbocycles. The Morgan fingerprint density at radius 1 is 1.26 bits per heavy atom. The number of aliphatic hydroxyl groups is 1. The van der Waals surface area contributed by atoms with Gasteiger partial charge in [0.05, 0.1) is 13.7 Å². The number of likely N-dealkylation sites (tertiary alicyclic amines) is 2. The van der Waals surface area contributed by atoms with Gasteiger partial charge >= 0.3 is 0 Å². The number of ether oxygens (including phenoxy) is 1. The zero-order chi connectivity index (χ0) is 16.4. The zero-order valence-corrected chi connectivity index (χ0v) is 14.0. The van der Waals surface area contributed by atoms with Crippen LogP contribution in [-0.4, -0.2) is 60.1 Å². The summed E-state index contributed by atoms with van der Waals surface area (Å²) < 4.78 is 5.18. The van der Waals surface area contributed by atoms with E-state index in [1.165, 1.54) is 0 Å². The van der Waals surface area contributed by atoms with Crippen molar-refractivity contribution in [2.75, 3.05) is 33.3 Å². The molecule has 5 nitrogen and oxygen atoms in total. The molecule has 1 aromatic carbocycles. The minimum atomic E-state index is -0.974. The van der Waals surface area contributed by atoms with Crippen molar-refractivity contribution in [3.8, 4) is 5.75 Å². The Morgan fingerprint density at radius 3 is 2.52 bits per heavy atom. The topological polar surface area (TPSA) is 53.0 Å². The van der Waals surface area contributed by atoms with Crippen molar-refractivity contribution in [3.63, 3.8) is 0 Å². The standard InChI is InChI=1S/C18H26N2O3/c1-18(22,14-6-8-15(23-2)9-7-14)16-5-3-10-20(16)13-17(21)19-11-4-12-19/h6-9,16,22H,3-5,10-13H2,1-2H3/t16-,18-/m0/s1. The summed E-state index contributed by atoms with van der Waals surface area (Å²) in [5.74, 6) is 0.967. The van der Waals surface area contributed by atoms with Gasteiger partial charge in [0, 0.05) is 19.1 Å². The van der Waals surface area contributed by atoms with Crippen molar-refractivity contribution >= 4 is 5.91 Å². The molecule has 0 spiro atoms. The number of carbonyl (C=O) groups is 1. The van der Waals surface area contributed by atoms with Crippen LogP contribution in [0, 0.1) is 0 Å². The van der Waals surface area contributed by atoms with E-state index in [0.717, 1.165) is 50.2 Å². The van der Waals surface area contributed by atoms with E-state index >= 15 is 0 Å². The van der Waals surface area contributed by atoms with Crippen LogP contribution in [0.1, 0.15) is 31.7 Å². The van der Waals surface area contributed by atoms with E-state index in [4.69, 9.17) is 4.74 Å². The summed E-state index contributed by atoms with van der Waals surface area (Å²) in [6.07, 6.45) is 3.04. The maximum Gasteiger partial charge on any atom is 0.236 e. The van der Waals surface area contributed by atoms with Gasteiger partial charge in [-0.3, -0.25) is 9.69 Å². The Morgan fingerprint density at radius 2 is 1.96 bits per heavy atom. The number of nitrogens with zero attached hydrogens (tertiary/aromatic N) is 2. The highest BCUT2D eigenvalue weighted by atomic mass is 16.5. The van der Waals surface area contributed by atoms with Crippen molar-refractivity contribution in [1.82, 2.24) is 9.80 Å². The fourth-order valence-corrected chi connectivity index (χ4v) is 3.61. The molecule has 2 heterocycles. The summed E-state index contributed by atoms with van der Waals surface area (Å²) in [5.41, 5.74) is -0.107. The predicted octanol–water partition coefficient (Wildman–Crippen LogP) is 1.60. The maximum absolute atomic E-state index is 12.3. The first kappa shape index (κ1) is 16.3. The van der Waals surface area contributed by atoms with Gasteiger partial charge in [-0.1, -0.05) is 12.1 Å². The summed E-state index contributed by atoms with van der Waals surface area (Å²) in [5, 5.41) is 11.1. The quantitative estimate of drug-likeness (QED) is 0.896. The fraction of sp³-hybridized carbons (Fsp3) is 0.611. The Labute approximate surface area is 137 Å². The Hall–Kier alpha value is -1.59. The average Bonchev–Trinajstić information content (AvgIpc) is 2.94. The average molecular weight is 318 g/mol.